The highest BCUT2D eigenvalue weighted by Crippen LogP contribution is 2.30. The van der Waals surface area contributed by atoms with Gasteiger partial charge in [-0.15, -0.1) is 0 Å². The van der Waals surface area contributed by atoms with Gasteiger partial charge in [-0.1, -0.05) is 30.3 Å². The smallest absolute Gasteiger partial charge is 0.128 e. The lowest BCUT2D eigenvalue weighted by molar-refractivity contribution is 0.334. The molecular weight excluding hydrogens is 196 g/mol. The highest BCUT2D eigenvalue weighted by Gasteiger charge is 2.27. The van der Waals surface area contributed by atoms with Gasteiger partial charge >= 0.3 is 0 Å². The van der Waals surface area contributed by atoms with Gasteiger partial charge in [0.1, 0.15) is 5.84 Å². The van der Waals surface area contributed by atoms with Gasteiger partial charge in [0.25, 0.3) is 0 Å². The number of nitrogens with zero attached hydrogens (tertiary/aromatic N) is 1. The van der Waals surface area contributed by atoms with Crippen molar-refractivity contribution in [2.45, 2.75) is 32.7 Å². The zero-order valence-electron chi connectivity index (χ0n) is 10.1. The van der Waals surface area contributed by atoms with Crippen LogP contribution in [0.3, 0.4) is 0 Å². The Kier molecular flexibility index (Phi) is 3.28. The fourth-order valence-electron chi connectivity index (χ4n) is 1.90. The summed E-state index contributed by atoms with van der Waals surface area (Å²) in [6.07, 6.45) is 2.68. The monoisotopic (exact) mass is 216 g/mol. The molecule has 1 fully saturated rings. The first-order chi connectivity index (χ1) is 7.68. The molecular formula is C14H20N2. The van der Waals surface area contributed by atoms with Crippen LogP contribution in [0.4, 0.5) is 0 Å². The van der Waals surface area contributed by atoms with Crippen LogP contribution in [0.2, 0.25) is 0 Å². The molecule has 0 saturated heterocycles. The number of nitrogens with one attached hydrogen (secondary N) is 1. The van der Waals surface area contributed by atoms with E-state index in [4.69, 9.17) is 5.41 Å². The predicted octanol–water partition coefficient (Wildman–Crippen LogP) is 3.13. The molecule has 0 radical (unpaired) electrons. The minimum atomic E-state index is 0.410. The maximum atomic E-state index is 8.26. The number of amidine groups is 1. The third-order valence-electron chi connectivity index (χ3n) is 3.11. The molecule has 0 spiro atoms. The molecule has 2 nitrogen and oxygen atoms in total. The van der Waals surface area contributed by atoms with Crippen LogP contribution in [0, 0.1) is 11.3 Å². The van der Waals surface area contributed by atoms with Gasteiger partial charge in [0, 0.05) is 18.2 Å². The Morgan fingerprint density at radius 3 is 2.44 bits per heavy atom. The molecule has 1 aromatic rings. The molecule has 0 unspecified atom stereocenters. The number of hydrogen-bond acceptors (Lipinski definition) is 1. The molecule has 2 rings (SSSR count). The standard InChI is InChI=1S/C14H20N2/c1-11(2)16(10-12-8-9-12)14(15)13-6-4-3-5-7-13/h3-7,11-12,15H,8-10H2,1-2H3. The van der Waals surface area contributed by atoms with Gasteiger partial charge in [0.05, 0.1) is 0 Å². The van der Waals surface area contributed by atoms with Crippen molar-refractivity contribution in [2.75, 3.05) is 6.54 Å². The fraction of sp³-hybridized carbons (Fsp3) is 0.500. The van der Waals surface area contributed by atoms with Crippen molar-refractivity contribution in [1.29, 1.82) is 5.41 Å². The molecule has 1 aliphatic carbocycles. The van der Waals surface area contributed by atoms with Crippen molar-refractivity contribution in [2.24, 2.45) is 5.92 Å². The van der Waals surface area contributed by atoms with Crippen LogP contribution in [-0.2, 0) is 0 Å². The second kappa shape index (κ2) is 4.69. The Balaban J connectivity index is 2.10. The van der Waals surface area contributed by atoms with Crippen LogP contribution in [0.1, 0.15) is 32.3 Å². The first-order valence-electron chi connectivity index (χ1n) is 6.09. The van der Waals surface area contributed by atoms with Crippen molar-refractivity contribution in [3.05, 3.63) is 35.9 Å². The molecule has 0 aromatic heterocycles. The predicted molar refractivity (Wildman–Crippen MR) is 67.8 cm³/mol. The lowest BCUT2D eigenvalue weighted by Crippen LogP contribution is -2.38. The molecule has 1 saturated carbocycles. The molecule has 0 atom stereocenters. The van der Waals surface area contributed by atoms with Gasteiger partial charge in [-0.3, -0.25) is 5.41 Å². The van der Waals surface area contributed by atoms with E-state index in [9.17, 15) is 0 Å². The topological polar surface area (TPSA) is 27.1 Å². The quantitative estimate of drug-likeness (QED) is 0.607. The largest absolute Gasteiger partial charge is 0.354 e. The lowest BCUT2D eigenvalue weighted by Gasteiger charge is -2.29. The fourth-order valence-corrected chi connectivity index (χ4v) is 1.90. The van der Waals surface area contributed by atoms with Gasteiger partial charge in [-0.25, -0.2) is 0 Å². The molecule has 0 heterocycles. The van der Waals surface area contributed by atoms with Gasteiger partial charge in [-0.2, -0.15) is 0 Å². The zero-order valence-corrected chi connectivity index (χ0v) is 10.1. The molecule has 86 valence electrons. The summed E-state index contributed by atoms with van der Waals surface area (Å²) >= 11 is 0. The SMILES string of the molecule is CC(C)N(CC1CC1)C(=N)c1ccccc1. The average Bonchev–Trinajstić information content (AvgIpc) is 3.09. The van der Waals surface area contributed by atoms with E-state index in [1.165, 1.54) is 12.8 Å². The highest BCUT2D eigenvalue weighted by atomic mass is 15.2. The first-order valence-corrected chi connectivity index (χ1v) is 6.09. The van der Waals surface area contributed by atoms with Crippen LogP contribution in [0.25, 0.3) is 0 Å². The molecule has 0 amide bonds. The summed E-state index contributed by atoms with van der Waals surface area (Å²) in [5, 5.41) is 8.26. The van der Waals surface area contributed by atoms with Crippen molar-refractivity contribution in [3.63, 3.8) is 0 Å². The molecule has 1 aromatic carbocycles. The van der Waals surface area contributed by atoms with E-state index < -0.39 is 0 Å². The van der Waals surface area contributed by atoms with Crippen molar-refractivity contribution in [3.8, 4) is 0 Å². The minimum absolute atomic E-state index is 0.410. The van der Waals surface area contributed by atoms with E-state index in [1.54, 1.807) is 0 Å². The van der Waals surface area contributed by atoms with E-state index in [-0.39, 0.29) is 0 Å². The summed E-state index contributed by atoms with van der Waals surface area (Å²) < 4.78 is 0. The average molecular weight is 216 g/mol. The summed E-state index contributed by atoms with van der Waals surface area (Å²) in [5.74, 6) is 1.49. The second-order valence-corrected chi connectivity index (χ2v) is 4.90. The van der Waals surface area contributed by atoms with Gasteiger partial charge in [0.15, 0.2) is 0 Å². The second-order valence-electron chi connectivity index (χ2n) is 4.90. The van der Waals surface area contributed by atoms with Gasteiger partial charge in [0.2, 0.25) is 0 Å². The van der Waals surface area contributed by atoms with Crippen LogP contribution in [0.15, 0.2) is 30.3 Å². The van der Waals surface area contributed by atoms with Crippen LogP contribution < -0.4 is 0 Å². The third-order valence-corrected chi connectivity index (χ3v) is 3.11. The Hall–Kier alpha value is -1.31. The summed E-state index contributed by atoms with van der Waals surface area (Å²) in [4.78, 5) is 2.22. The molecule has 0 bridgehead atoms. The molecule has 0 aliphatic heterocycles. The van der Waals surface area contributed by atoms with E-state index in [2.05, 4.69) is 18.7 Å². The van der Waals surface area contributed by atoms with Crippen LogP contribution in [-0.4, -0.2) is 23.3 Å². The van der Waals surface area contributed by atoms with Crippen molar-refractivity contribution < 1.29 is 0 Å². The zero-order chi connectivity index (χ0) is 11.5. The molecule has 1 aliphatic rings. The summed E-state index contributed by atoms with van der Waals surface area (Å²) in [5.41, 5.74) is 1.02. The van der Waals surface area contributed by atoms with Gasteiger partial charge < -0.3 is 4.90 Å². The minimum Gasteiger partial charge on any atom is -0.354 e. The summed E-state index contributed by atoms with van der Waals surface area (Å²) in [6.45, 7) is 5.38. The van der Waals surface area contributed by atoms with Gasteiger partial charge in [-0.05, 0) is 32.6 Å². The van der Waals surface area contributed by atoms with Crippen molar-refractivity contribution >= 4 is 5.84 Å². The lowest BCUT2D eigenvalue weighted by atomic mass is 10.1. The van der Waals surface area contributed by atoms with Crippen molar-refractivity contribution in [1.82, 2.24) is 4.90 Å². The van der Waals surface area contributed by atoms with E-state index >= 15 is 0 Å². The Morgan fingerprint density at radius 2 is 1.94 bits per heavy atom. The Morgan fingerprint density at radius 1 is 1.31 bits per heavy atom. The summed E-state index contributed by atoms with van der Waals surface area (Å²) in [6, 6.07) is 10.4. The molecule has 16 heavy (non-hydrogen) atoms. The number of hydrogen-bond donors (Lipinski definition) is 1. The molecule has 2 heteroatoms. The Bertz CT molecular complexity index is 352. The molecule has 1 N–H and O–H groups in total. The van der Waals surface area contributed by atoms with Crippen LogP contribution >= 0.6 is 0 Å². The Labute approximate surface area is 97.8 Å². The first kappa shape index (κ1) is 11.2. The van der Waals surface area contributed by atoms with E-state index in [0.717, 1.165) is 18.0 Å². The number of benzene rings is 1. The summed E-state index contributed by atoms with van der Waals surface area (Å²) in [7, 11) is 0. The highest BCUT2D eigenvalue weighted by molar-refractivity contribution is 5.96. The maximum Gasteiger partial charge on any atom is 0.128 e. The van der Waals surface area contributed by atoms with E-state index in [0.29, 0.717) is 11.9 Å². The maximum absolute atomic E-state index is 8.26. The van der Waals surface area contributed by atoms with Crippen LogP contribution in [0.5, 0.6) is 0 Å². The normalized spacial score (nSPS) is 15.2. The van der Waals surface area contributed by atoms with E-state index in [1.807, 2.05) is 30.3 Å². The number of rotatable bonds is 4. The third kappa shape index (κ3) is 2.63.